The molecule has 0 aromatic heterocycles. The maximum atomic E-state index is 3.60. The maximum absolute atomic E-state index is 3.60. The Morgan fingerprint density at radius 3 is 2.71 bits per heavy atom. The van der Waals surface area contributed by atoms with E-state index in [1.165, 1.54) is 50.7 Å². The van der Waals surface area contributed by atoms with Crippen molar-refractivity contribution in [2.75, 3.05) is 12.8 Å². The van der Waals surface area contributed by atoms with E-state index < -0.39 is 10.2 Å². The molecular weight excluding hydrogens is 226 g/mol. The maximum Gasteiger partial charge on any atom is -0.00383 e. The fourth-order valence-corrected chi connectivity index (χ4v) is 5.64. The molecule has 0 aromatic carbocycles. The van der Waals surface area contributed by atoms with E-state index in [2.05, 4.69) is 35.6 Å². The molecule has 1 N–H and O–H groups in total. The molecule has 1 atom stereocenters. The molecule has 0 saturated heterocycles. The van der Waals surface area contributed by atoms with E-state index in [0.29, 0.717) is 0 Å². The number of hydrogen-bond donors (Lipinski definition) is 1. The van der Waals surface area contributed by atoms with E-state index in [9.17, 15) is 0 Å². The molecule has 0 amide bonds. The lowest BCUT2D eigenvalue weighted by molar-refractivity contribution is 0.409. The summed E-state index contributed by atoms with van der Waals surface area (Å²) in [6.45, 7) is 2.28. The third kappa shape index (κ3) is 3.17. The summed E-state index contributed by atoms with van der Waals surface area (Å²) in [4.78, 5) is 0. The van der Waals surface area contributed by atoms with Gasteiger partial charge in [-0.1, -0.05) is 38.7 Å². The number of hydrogen-bond acceptors (Lipinski definition) is 1. The van der Waals surface area contributed by atoms with Crippen LogP contribution in [0.5, 0.6) is 0 Å². The molecule has 2 rings (SSSR count). The molecule has 2 heteroatoms. The van der Waals surface area contributed by atoms with Crippen LogP contribution in [-0.4, -0.2) is 12.8 Å². The van der Waals surface area contributed by atoms with Gasteiger partial charge in [-0.15, -0.1) is 10.2 Å². The van der Waals surface area contributed by atoms with E-state index in [1.807, 2.05) is 0 Å². The molecule has 17 heavy (non-hydrogen) atoms. The fourth-order valence-electron chi connectivity index (χ4n) is 2.93. The molecule has 1 fully saturated rings. The van der Waals surface area contributed by atoms with Gasteiger partial charge >= 0.3 is 0 Å². The van der Waals surface area contributed by atoms with E-state index in [-0.39, 0.29) is 0 Å². The van der Waals surface area contributed by atoms with E-state index in [0.717, 1.165) is 5.92 Å². The van der Waals surface area contributed by atoms with Crippen molar-refractivity contribution in [3.05, 3.63) is 22.5 Å². The van der Waals surface area contributed by atoms with Crippen molar-refractivity contribution in [2.45, 2.75) is 51.9 Å². The van der Waals surface area contributed by atoms with Gasteiger partial charge in [-0.25, -0.2) is 0 Å². The van der Waals surface area contributed by atoms with Crippen LogP contribution in [0.25, 0.3) is 0 Å². The molecular formula is C15H27NS. The van der Waals surface area contributed by atoms with Crippen molar-refractivity contribution in [2.24, 2.45) is 5.92 Å². The minimum atomic E-state index is -0.752. The Kier molecular flexibility index (Phi) is 4.75. The summed E-state index contributed by atoms with van der Waals surface area (Å²) in [5, 5.41) is 5.07. The Balaban J connectivity index is 2.02. The minimum Gasteiger partial charge on any atom is -0.277 e. The third-order valence-electron chi connectivity index (χ3n) is 4.14. The van der Waals surface area contributed by atoms with Crippen molar-refractivity contribution in [1.29, 1.82) is 0 Å². The monoisotopic (exact) mass is 253 g/mol. The predicted octanol–water partition coefficient (Wildman–Crippen LogP) is 4.72. The highest BCUT2D eigenvalue weighted by Crippen LogP contribution is 2.54. The van der Waals surface area contributed by atoms with Gasteiger partial charge in [0.2, 0.25) is 0 Å². The highest BCUT2D eigenvalue weighted by Gasteiger charge is 2.25. The molecule has 1 aliphatic heterocycles. The van der Waals surface area contributed by atoms with Gasteiger partial charge in [0.1, 0.15) is 0 Å². The Labute approximate surface area is 108 Å². The number of unbranched alkanes of at least 4 members (excludes halogenated alkanes) is 1. The van der Waals surface area contributed by atoms with Crippen molar-refractivity contribution in [3.63, 3.8) is 0 Å². The first-order chi connectivity index (χ1) is 8.29. The first-order valence-electron chi connectivity index (χ1n) is 7.19. The van der Waals surface area contributed by atoms with Crippen LogP contribution in [-0.2, 0) is 0 Å². The first kappa shape index (κ1) is 13.2. The number of allylic oxidation sites excluding steroid dienone is 2. The lowest BCUT2D eigenvalue weighted by Crippen LogP contribution is -2.14. The van der Waals surface area contributed by atoms with Gasteiger partial charge in [0.15, 0.2) is 0 Å². The standard InChI is InChI=1S/C15H27NS/c1-3-4-11-17(16-2)12-10-15(13-17)14-8-6-5-7-9-14/h10,12-14,16H,3-9,11H2,1-2H3. The van der Waals surface area contributed by atoms with E-state index in [4.69, 9.17) is 0 Å². The van der Waals surface area contributed by atoms with Crippen molar-refractivity contribution >= 4 is 10.2 Å². The summed E-state index contributed by atoms with van der Waals surface area (Å²) in [5.41, 5.74) is 1.64. The SMILES string of the molecule is CCCCS1(NC)C=CC(C2CCCCC2)=C1. The highest BCUT2D eigenvalue weighted by atomic mass is 32.3. The molecule has 0 bridgehead atoms. The van der Waals surface area contributed by atoms with Crippen LogP contribution in [0.3, 0.4) is 0 Å². The minimum absolute atomic E-state index is 0.752. The molecule has 1 aliphatic carbocycles. The highest BCUT2D eigenvalue weighted by molar-refractivity contribution is 8.37. The Hall–Kier alpha value is -0.210. The molecule has 0 radical (unpaired) electrons. The Morgan fingerprint density at radius 2 is 2.06 bits per heavy atom. The van der Waals surface area contributed by atoms with Gasteiger partial charge in [-0.2, -0.15) is 0 Å². The van der Waals surface area contributed by atoms with Crippen LogP contribution in [0.2, 0.25) is 0 Å². The zero-order valence-electron chi connectivity index (χ0n) is 11.4. The Bertz CT molecular complexity index is 302. The number of nitrogens with one attached hydrogen (secondary N) is 1. The van der Waals surface area contributed by atoms with Crippen LogP contribution in [0, 0.1) is 5.92 Å². The van der Waals surface area contributed by atoms with Crippen LogP contribution in [0.1, 0.15) is 51.9 Å². The number of rotatable bonds is 5. The zero-order valence-corrected chi connectivity index (χ0v) is 12.2. The van der Waals surface area contributed by atoms with Gasteiger partial charge in [0.25, 0.3) is 0 Å². The van der Waals surface area contributed by atoms with Gasteiger partial charge < -0.3 is 0 Å². The fraction of sp³-hybridized carbons (Fsp3) is 0.733. The summed E-state index contributed by atoms with van der Waals surface area (Å²) in [7, 11) is 1.38. The third-order valence-corrected chi connectivity index (χ3v) is 7.18. The summed E-state index contributed by atoms with van der Waals surface area (Å²) in [5.74, 6) is 2.19. The summed E-state index contributed by atoms with van der Waals surface area (Å²) < 4.78 is 3.60. The molecule has 98 valence electrons. The second kappa shape index (κ2) is 6.10. The summed E-state index contributed by atoms with van der Waals surface area (Å²) in [6.07, 6.45) is 12.2. The summed E-state index contributed by atoms with van der Waals surface area (Å²) >= 11 is 0. The van der Waals surface area contributed by atoms with Crippen LogP contribution < -0.4 is 4.72 Å². The first-order valence-corrected chi connectivity index (χ1v) is 9.12. The zero-order chi connectivity index (χ0) is 12.1. The molecule has 1 saturated carbocycles. The predicted molar refractivity (Wildman–Crippen MR) is 80.2 cm³/mol. The average Bonchev–Trinajstić information content (AvgIpc) is 2.83. The van der Waals surface area contributed by atoms with E-state index in [1.54, 1.807) is 5.57 Å². The topological polar surface area (TPSA) is 12.0 Å². The molecule has 2 aliphatic rings. The van der Waals surface area contributed by atoms with Crippen LogP contribution >= 0.6 is 10.2 Å². The second-order valence-corrected chi connectivity index (χ2v) is 8.39. The molecule has 0 aromatic rings. The van der Waals surface area contributed by atoms with Crippen LogP contribution in [0.4, 0.5) is 0 Å². The molecule has 1 unspecified atom stereocenters. The van der Waals surface area contributed by atoms with Gasteiger partial charge in [-0.05, 0) is 54.4 Å². The Morgan fingerprint density at radius 1 is 1.29 bits per heavy atom. The van der Waals surface area contributed by atoms with Gasteiger partial charge in [-0.3, -0.25) is 4.72 Å². The van der Waals surface area contributed by atoms with Crippen molar-refractivity contribution in [1.82, 2.24) is 4.72 Å². The second-order valence-electron chi connectivity index (χ2n) is 5.37. The van der Waals surface area contributed by atoms with Crippen molar-refractivity contribution < 1.29 is 0 Å². The van der Waals surface area contributed by atoms with E-state index >= 15 is 0 Å². The largest absolute Gasteiger partial charge is 0.277 e. The molecule has 0 spiro atoms. The van der Waals surface area contributed by atoms with Gasteiger partial charge in [0, 0.05) is 0 Å². The molecule has 1 nitrogen and oxygen atoms in total. The average molecular weight is 253 g/mol. The smallest absolute Gasteiger partial charge is 0.00383 e. The lowest BCUT2D eigenvalue weighted by atomic mass is 9.84. The summed E-state index contributed by atoms with van der Waals surface area (Å²) in [6, 6.07) is 0. The normalized spacial score (nSPS) is 33.4. The lowest BCUT2D eigenvalue weighted by Gasteiger charge is -2.31. The quantitative estimate of drug-likeness (QED) is 0.747. The molecule has 1 heterocycles. The van der Waals surface area contributed by atoms with Crippen molar-refractivity contribution in [3.8, 4) is 0 Å². The van der Waals surface area contributed by atoms with Crippen LogP contribution in [0.15, 0.2) is 22.5 Å². The van der Waals surface area contributed by atoms with Gasteiger partial charge in [0.05, 0.1) is 0 Å².